The summed E-state index contributed by atoms with van der Waals surface area (Å²) in [5.41, 5.74) is -1.05. The number of unbranched alkanes of at least 4 members (excludes halogenated alkanes) is 1. The van der Waals surface area contributed by atoms with Crippen LogP contribution in [0.3, 0.4) is 0 Å². The van der Waals surface area contributed by atoms with Crippen molar-refractivity contribution >= 4 is 35.3 Å². The summed E-state index contributed by atoms with van der Waals surface area (Å²) in [5, 5.41) is 0. The van der Waals surface area contributed by atoms with Crippen molar-refractivity contribution in [1.29, 1.82) is 0 Å². The highest BCUT2D eigenvalue weighted by molar-refractivity contribution is 5.95. The molecule has 0 rings (SSSR count). The van der Waals surface area contributed by atoms with Gasteiger partial charge in [0.1, 0.15) is 56.4 Å². The fourth-order valence-corrected chi connectivity index (χ4v) is 2.36. The number of hydrogen-bond acceptors (Lipinski definition) is 9. The molecule has 0 aliphatic carbocycles. The Kier molecular flexibility index (Phi) is 12.4. The van der Waals surface area contributed by atoms with Gasteiger partial charge in [-0.25, -0.2) is 0 Å². The van der Waals surface area contributed by atoms with Crippen molar-refractivity contribution in [3.05, 3.63) is 0 Å². The van der Waals surface area contributed by atoms with E-state index in [0.717, 1.165) is 6.42 Å². The number of carbonyl (C=O) groups is 6. The number of hydrogen-bond donors (Lipinski definition) is 0. The lowest BCUT2D eigenvalue weighted by Crippen LogP contribution is -2.40. The average molecular weight is 414 g/mol. The zero-order valence-electron chi connectivity index (χ0n) is 17.5. The van der Waals surface area contributed by atoms with Crippen molar-refractivity contribution in [3.63, 3.8) is 0 Å². The summed E-state index contributed by atoms with van der Waals surface area (Å²) < 4.78 is 15.5. The summed E-state index contributed by atoms with van der Waals surface area (Å²) >= 11 is 0. The minimum absolute atomic E-state index is 0.250. The first-order valence-electron chi connectivity index (χ1n) is 9.45. The maximum absolute atomic E-state index is 11.8. The summed E-state index contributed by atoms with van der Waals surface area (Å²) in [6, 6.07) is 0. The average Bonchev–Trinajstić information content (AvgIpc) is 2.58. The van der Waals surface area contributed by atoms with Crippen LogP contribution in [0.5, 0.6) is 0 Å². The minimum Gasteiger partial charge on any atom is -0.464 e. The van der Waals surface area contributed by atoms with Crippen LogP contribution < -0.4 is 0 Å². The molecule has 0 aliphatic rings. The van der Waals surface area contributed by atoms with Crippen molar-refractivity contribution in [2.24, 2.45) is 5.41 Å². The lowest BCUT2D eigenvalue weighted by molar-refractivity contribution is -0.162. The van der Waals surface area contributed by atoms with Crippen molar-refractivity contribution in [3.8, 4) is 0 Å². The molecule has 0 bridgehead atoms. The molecule has 29 heavy (non-hydrogen) atoms. The Morgan fingerprint density at radius 2 is 0.931 bits per heavy atom. The molecule has 0 saturated carbocycles. The van der Waals surface area contributed by atoms with Gasteiger partial charge in [-0.15, -0.1) is 0 Å². The minimum atomic E-state index is -1.05. The monoisotopic (exact) mass is 414 g/mol. The third kappa shape index (κ3) is 13.3. The smallest absolute Gasteiger partial charge is 0.313 e. The Bertz CT molecular complexity index is 543. The van der Waals surface area contributed by atoms with Crippen LogP contribution in [0.25, 0.3) is 0 Å². The summed E-state index contributed by atoms with van der Waals surface area (Å²) in [7, 11) is 0. The second-order valence-corrected chi connectivity index (χ2v) is 7.22. The van der Waals surface area contributed by atoms with Crippen molar-refractivity contribution in [1.82, 2.24) is 0 Å². The number of rotatable bonds is 15. The number of ether oxygens (including phenoxy) is 3. The molecular formula is C20H30O9. The van der Waals surface area contributed by atoms with Crippen LogP contribution in [0.2, 0.25) is 0 Å². The first-order valence-corrected chi connectivity index (χ1v) is 9.45. The van der Waals surface area contributed by atoms with Gasteiger partial charge in [-0.2, -0.15) is 0 Å². The van der Waals surface area contributed by atoms with Crippen LogP contribution in [-0.2, 0) is 43.0 Å². The largest absolute Gasteiger partial charge is 0.464 e. The summed E-state index contributed by atoms with van der Waals surface area (Å²) in [6.45, 7) is 4.92. The lowest BCUT2D eigenvalue weighted by atomic mass is 9.85. The van der Waals surface area contributed by atoms with E-state index in [2.05, 4.69) is 0 Å². The van der Waals surface area contributed by atoms with E-state index in [1.165, 1.54) is 20.8 Å². The fourth-order valence-electron chi connectivity index (χ4n) is 2.36. The molecule has 0 atom stereocenters. The van der Waals surface area contributed by atoms with E-state index in [-0.39, 0.29) is 37.2 Å². The van der Waals surface area contributed by atoms with Gasteiger partial charge in [0, 0.05) is 0 Å². The predicted octanol–water partition coefficient (Wildman–Crippen LogP) is 1.73. The van der Waals surface area contributed by atoms with E-state index in [1.807, 2.05) is 6.92 Å². The molecule has 0 saturated heterocycles. The van der Waals surface area contributed by atoms with Crippen molar-refractivity contribution in [2.45, 2.75) is 66.2 Å². The normalized spacial score (nSPS) is 10.8. The third-order valence-electron chi connectivity index (χ3n) is 3.86. The highest BCUT2D eigenvalue weighted by Crippen LogP contribution is 2.28. The van der Waals surface area contributed by atoms with Gasteiger partial charge in [0.25, 0.3) is 0 Å². The van der Waals surface area contributed by atoms with Crippen LogP contribution in [-0.4, -0.2) is 55.1 Å². The molecule has 164 valence electrons. The first kappa shape index (κ1) is 26.4. The third-order valence-corrected chi connectivity index (χ3v) is 3.86. The summed E-state index contributed by atoms with van der Waals surface area (Å²) in [4.78, 5) is 68.6. The van der Waals surface area contributed by atoms with E-state index in [4.69, 9.17) is 14.2 Å². The molecule has 0 aliphatic heterocycles. The Morgan fingerprint density at radius 3 is 1.17 bits per heavy atom. The SMILES string of the molecule is CCCCC(COC(=O)CC(C)=O)(COC(=O)CC(C)=O)COC(=O)CC(C)=O. The zero-order valence-corrected chi connectivity index (χ0v) is 17.5. The van der Waals surface area contributed by atoms with Gasteiger partial charge in [0.15, 0.2) is 0 Å². The number of esters is 3. The van der Waals surface area contributed by atoms with Gasteiger partial charge in [0.2, 0.25) is 0 Å². The molecule has 0 aromatic heterocycles. The lowest BCUT2D eigenvalue weighted by Gasteiger charge is -2.32. The van der Waals surface area contributed by atoms with Crippen LogP contribution >= 0.6 is 0 Å². The molecule has 0 radical (unpaired) electrons. The van der Waals surface area contributed by atoms with E-state index < -0.39 is 42.6 Å². The van der Waals surface area contributed by atoms with Gasteiger partial charge in [0.05, 0.1) is 5.41 Å². The number of Topliss-reactive ketones (excluding diaryl/α,β-unsaturated/α-hetero) is 3. The molecule has 0 unspecified atom stereocenters. The first-order chi connectivity index (χ1) is 13.5. The van der Waals surface area contributed by atoms with E-state index in [9.17, 15) is 28.8 Å². The zero-order chi connectivity index (χ0) is 22.4. The molecule has 0 N–H and O–H groups in total. The van der Waals surface area contributed by atoms with Crippen LogP contribution in [0, 0.1) is 5.41 Å². The molecule has 0 spiro atoms. The van der Waals surface area contributed by atoms with Crippen molar-refractivity contribution in [2.75, 3.05) is 19.8 Å². The standard InChI is InChI=1S/C20H30O9/c1-5-6-7-20(11-27-17(24)8-14(2)21,12-28-18(25)9-15(3)22)13-29-19(26)10-16(4)23/h5-13H2,1-4H3. The maximum Gasteiger partial charge on any atom is 0.313 e. The Hall–Kier alpha value is -2.58. The molecule has 0 aromatic rings. The molecule has 0 fully saturated rings. The highest BCUT2D eigenvalue weighted by atomic mass is 16.6. The molecule has 9 nitrogen and oxygen atoms in total. The summed E-state index contributed by atoms with van der Waals surface area (Å²) in [6.07, 6.45) is 0.594. The fraction of sp³-hybridized carbons (Fsp3) is 0.700. The van der Waals surface area contributed by atoms with Gasteiger partial charge >= 0.3 is 17.9 Å². The van der Waals surface area contributed by atoms with Crippen LogP contribution in [0.4, 0.5) is 0 Å². The molecule has 9 heteroatoms. The molecule has 0 heterocycles. The molecule has 0 aromatic carbocycles. The van der Waals surface area contributed by atoms with E-state index >= 15 is 0 Å². The second-order valence-electron chi connectivity index (χ2n) is 7.22. The van der Waals surface area contributed by atoms with E-state index in [1.54, 1.807) is 0 Å². The quantitative estimate of drug-likeness (QED) is 0.223. The van der Waals surface area contributed by atoms with Crippen molar-refractivity contribution < 1.29 is 43.0 Å². The topological polar surface area (TPSA) is 130 Å². The Labute approximate surface area is 170 Å². The number of carbonyl (C=O) groups excluding carboxylic acids is 6. The Morgan fingerprint density at radius 1 is 0.621 bits per heavy atom. The highest BCUT2D eigenvalue weighted by Gasteiger charge is 2.35. The molecular weight excluding hydrogens is 384 g/mol. The number of ketones is 3. The summed E-state index contributed by atoms with van der Waals surface area (Å²) in [5.74, 6) is -3.34. The van der Waals surface area contributed by atoms with Gasteiger partial charge in [-0.3, -0.25) is 28.8 Å². The van der Waals surface area contributed by atoms with E-state index in [0.29, 0.717) is 12.8 Å². The Balaban J connectivity index is 5.32. The predicted molar refractivity (Wildman–Crippen MR) is 101 cm³/mol. The van der Waals surface area contributed by atoms with Gasteiger partial charge in [-0.05, 0) is 27.2 Å². The van der Waals surface area contributed by atoms with Crippen LogP contribution in [0.15, 0.2) is 0 Å². The van der Waals surface area contributed by atoms with Crippen LogP contribution in [0.1, 0.15) is 66.2 Å². The molecule has 0 amide bonds. The maximum atomic E-state index is 11.8. The second kappa shape index (κ2) is 13.6. The van der Waals surface area contributed by atoms with Gasteiger partial charge < -0.3 is 14.2 Å². The van der Waals surface area contributed by atoms with Gasteiger partial charge in [-0.1, -0.05) is 19.8 Å².